The summed E-state index contributed by atoms with van der Waals surface area (Å²) < 4.78 is 0. The summed E-state index contributed by atoms with van der Waals surface area (Å²) in [4.78, 5) is 26.8. The van der Waals surface area contributed by atoms with E-state index in [1.54, 1.807) is 39.2 Å². The van der Waals surface area contributed by atoms with Gasteiger partial charge in [-0.05, 0) is 26.0 Å². The minimum Gasteiger partial charge on any atom is -0.387 e. The van der Waals surface area contributed by atoms with E-state index in [0.29, 0.717) is 5.69 Å². The van der Waals surface area contributed by atoms with Gasteiger partial charge in [0.05, 0.1) is 11.9 Å². The van der Waals surface area contributed by atoms with Crippen LogP contribution >= 0.6 is 0 Å². The molecule has 0 saturated carbocycles. The van der Waals surface area contributed by atoms with Crippen LogP contribution in [0.2, 0.25) is 0 Å². The third-order valence-corrected chi connectivity index (χ3v) is 2.35. The summed E-state index contributed by atoms with van der Waals surface area (Å²) in [6.45, 7) is 3.47. The lowest BCUT2D eigenvalue weighted by Gasteiger charge is -2.24. The Labute approximate surface area is 106 Å². The topological polar surface area (TPSA) is 97.1 Å². The van der Waals surface area contributed by atoms with Gasteiger partial charge in [-0.3, -0.25) is 9.59 Å². The van der Waals surface area contributed by atoms with E-state index in [0.717, 1.165) is 5.69 Å². The number of aromatic nitrogens is 1. The predicted octanol–water partition coefficient (Wildman–Crippen LogP) is 0.507. The highest BCUT2D eigenvalue weighted by Crippen LogP contribution is 2.10. The highest BCUT2D eigenvalue weighted by molar-refractivity contribution is 5.93. The molecule has 0 aliphatic carbocycles. The molecule has 6 nitrogen and oxygen atoms in total. The second-order valence-corrected chi connectivity index (χ2v) is 4.66. The van der Waals surface area contributed by atoms with E-state index >= 15 is 0 Å². The Bertz CT molecular complexity index is 440. The molecule has 0 atom stereocenters. The van der Waals surface area contributed by atoms with Gasteiger partial charge in [-0.15, -0.1) is 0 Å². The molecule has 4 N–H and O–H groups in total. The number of carbonyl (C=O) groups is 2. The lowest BCUT2D eigenvalue weighted by molar-refractivity contribution is -0.119. The van der Waals surface area contributed by atoms with Crippen LogP contribution < -0.4 is 16.4 Å². The number of primary amides is 1. The Morgan fingerprint density at radius 1 is 1.39 bits per heavy atom. The SMILES string of the molecule is CNc1ccc(C(=O)NC(C)(C)CC(N)=O)nc1. The Morgan fingerprint density at radius 2 is 2.06 bits per heavy atom. The molecule has 0 aliphatic heterocycles. The van der Waals surface area contributed by atoms with Gasteiger partial charge < -0.3 is 16.4 Å². The van der Waals surface area contributed by atoms with Gasteiger partial charge in [0.15, 0.2) is 0 Å². The Morgan fingerprint density at radius 3 is 2.50 bits per heavy atom. The summed E-state index contributed by atoms with van der Waals surface area (Å²) in [5, 5.41) is 5.63. The molecule has 0 aromatic carbocycles. The van der Waals surface area contributed by atoms with E-state index in [2.05, 4.69) is 15.6 Å². The van der Waals surface area contributed by atoms with Crippen molar-refractivity contribution in [3.8, 4) is 0 Å². The molecule has 0 bridgehead atoms. The number of anilines is 1. The first-order chi connectivity index (χ1) is 8.34. The second-order valence-electron chi connectivity index (χ2n) is 4.66. The smallest absolute Gasteiger partial charge is 0.270 e. The zero-order chi connectivity index (χ0) is 13.8. The molecule has 18 heavy (non-hydrogen) atoms. The van der Waals surface area contributed by atoms with Crippen molar-refractivity contribution in [3.63, 3.8) is 0 Å². The summed E-state index contributed by atoms with van der Waals surface area (Å²) in [5.74, 6) is -0.789. The lowest BCUT2D eigenvalue weighted by atomic mass is 10.00. The highest BCUT2D eigenvalue weighted by atomic mass is 16.2. The molecular weight excluding hydrogens is 232 g/mol. The highest BCUT2D eigenvalue weighted by Gasteiger charge is 2.23. The van der Waals surface area contributed by atoms with Crippen molar-refractivity contribution >= 4 is 17.5 Å². The first kappa shape index (κ1) is 14.0. The van der Waals surface area contributed by atoms with Crippen LogP contribution in [0.15, 0.2) is 18.3 Å². The van der Waals surface area contributed by atoms with E-state index < -0.39 is 11.4 Å². The second kappa shape index (κ2) is 5.48. The Hall–Kier alpha value is -2.11. The van der Waals surface area contributed by atoms with Gasteiger partial charge in [0.1, 0.15) is 5.69 Å². The quantitative estimate of drug-likeness (QED) is 0.709. The van der Waals surface area contributed by atoms with Gasteiger partial charge in [-0.2, -0.15) is 0 Å². The third-order valence-electron chi connectivity index (χ3n) is 2.35. The monoisotopic (exact) mass is 250 g/mol. The molecule has 1 rings (SSSR count). The van der Waals surface area contributed by atoms with Crippen molar-refractivity contribution in [2.75, 3.05) is 12.4 Å². The van der Waals surface area contributed by atoms with Crippen molar-refractivity contribution in [3.05, 3.63) is 24.0 Å². The fourth-order valence-corrected chi connectivity index (χ4v) is 1.53. The van der Waals surface area contributed by atoms with Crippen LogP contribution in [-0.2, 0) is 4.79 Å². The van der Waals surface area contributed by atoms with Gasteiger partial charge in [0.2, 0.25) is 5.91 Å². The van der Waals surface area contributed by atoms with Crippen molar-refractivity contribution < 1.29 is 9.59 Å². The van der Waals surface area contributed by atoms with E-state index in [1.165, 1.54) is 0 Å². The van der Waals surface area contributed by atoms with Crippen LogP contribution in [0.25, 0.3) is 0 Å². The maximum absolute atomic E-state index is 11.9. The van der Waals surface area contributed by atoms with Gasteiger partial charge in [0.25, 0.3) is 5.91 Å². The number of hydrogen-bond acceptors (Lipinski definition) is 4. The molecule has 0 fully saturated rings. The van der Waals surface area contributed by atoms with Crippen molar-refractivity contribution in [1.82, 2.24) is 10.3 Å². The minimum atomic E-state index is -0.688. The van der Waals surface area contributed by atoms with Crippen LogP contribution in [0.4, 0.5) is 5.69 Å². The van der Waals surface area contributed by atoms with Crippen LogP contribution in [0.3, 0.4) is 0 Å². The first-order valence-corrected chi connectivity index (χ1v) is 5.59. The Kier molecular flexibility index (Phi) is 4.25. The lowest BCUT2D eigenvalue weighted by Crippen LogP contribution is -2.46. The normalized spacial score (nSPS) is 10.8. The standard InChI is InChI=1S/C12H18N4O2/c1-12(2,6-10(13)17)16-11(18)9-5-4-8(14-3)7-15-9/h4-5,7,14H,6H2,1-3H3,(H2,13,17)(H,16,18). The molecule has 1 aromatic rings. The average Bonchev–Trinajstić information content (AvgIpc) is 2.26. The van der Waals surface area contributed by atoms with Gasteiger partial charge in [-0.1, -0.05) is 0 Å². The number of pyridine rings is 1. The third kappa shape index (κ3) is 4.04. The van der Waals surface area contributed by atoms with E-state index in [4.69, 9.17) is 5.73 Å². The zero-order valence-electron chi connectivity index (χ0n) is 10.8. The summed E-state index contributed by atoms with van der Waals surface area (Å²) in [6, 6.07) is 3.37. The average molecular weight is 250 g/mol. The number of nitrogens with zero attached hydrogens (tertiary/aromatic N) is 1. The molecule has 1 heterocycles. The van der Waals surface area contributed by atoms with Crippen molar-refractivity contribution in [2.24, 2.45) is 5.73 Å². The number of nitrogens with one attached hydrogen (secondary N) is 2. The maximum Gasteiger partial charge on any atom is 0.270 e. The molecule has 0 saturated heterocycles. The molecule has 6 heteroatoms. The molecule has 98 valence electrons. The molecule has 0 spiro atoms. The zero-order valence-corrected chi connectivity index (χ0v) is 10.8. The molecule has 1 aromatic heterocycles. The number of amides is 2. The van der Waals surface area contributed by atoms with E-state index in [1.807, 2.05) is 0 Å². The Balaban J connectivity index is 2.72. The van der Waals surface area contributed by atoms with Crippen LogP contribution in [-0.4, -0.2) is 29.4 Å². The molecule has 2 amide bonds. The van der Waals surface area contributed by atoms with Gasteiger partial charge in [-0.25, -0.2) is 4.98 Å². The summed E-state index contributed by atoms with van der Waals surface area (Å²) >= 11 is 0. The van der Waals surface area contributed by atoms with Gasteiger partial charge >= 0.3 is 0 Å². The fraction of sp³-hybridized carbons (Fsp3) is 0.417. The molecule has 0 radical (unpaired) electrons. The number of hydrogen-bond donors (Lipinski definition) is 3. The maximum atomic E-state index is 11.9. The molecule has 0 aliphatic rings. The van der Waals surface area contributed by atoms with Crippen molar-refractivity contribution in [1.29, 1.82) is 0 Å². The van der Waals surface area contributed by atoms with E-state index in [9.17, 15) is 9.59 Å². The molecular formula is C12H18N4O2. The molecule has 0 unspecified atom stereocenters. The van der Waals surface area contributed by atoms with Crippen molar-refractivity contribution in [2.45, 2.75) is 25.8 Å². The number of rotatable bonds is 5. The summed E-state index contributed by atoms with van der Waals surface area (Å²) in [5.41, 5.74) is 5.55. The van der Waals surface area contributed by atoms with Gasteiger partial charge in [0, 0.05) is 19.0 Å². The predicted molar refractivity (Wildman–Crippen MR) is 69.1 cm³/mol. The van der Waals surface area contributed by atoms with Crippen LogP contribution in [0.5, 0.6) is 0 Å². The largest absolute Gasteiger partial charge is 0.387 e. The van der Waals surface area contributed by atoms with Crippen LogP contribution in [0, 0.1) is 0 Å². The van der Waals surface area contributed by atoms with E-state index in [-0.39, 0.29) is 12.3 Å². The minimum absolute atomic E-state index is 0.0767. The van der Waals surface area contributed by atoms with Crippen LogP contribution in [0.1, 0.15) is 30.8 Å². The summed E-state index contributed by atoms with van der Waals surface area (Å²) in [7, 11) is 1.77. The number of nitrogens with two attached hydrogens (primary N) is 1. The fourth-order valence-electron chi connectivity index (χ4n) is 1.53. The summed E-state index contributed by atoms with van der Waals surface area (Å²) in [6.07, 6.45) is 1.64. The first-order valence-electron chi connectivity index (χ1n) is 5.59. The number of carbonyl (C=O) groups excluding carboxylic acids is 2.